The van der Waals surface area contributed by atoms with Crippen molar-refractivity contribution >= 4 is 33.5 Å². The molecule has 4 nitrogen and oxygen atoms in total. The Labute approximate surface area is 205 Å². The molecule has 5 aliphatic rings. The number of carbonyl (C=O) groups excluding carboxylic acids is 2. The zero-order valence-electron chi connectivity index (χ0n) is 19.7. The van der Waals surface area contributed by atoms with Gasteiger partial charge in [0.25, 0.3) is 0 Å². The number of fused-ring (bicyclic) bond motifs is 5. The van der Waals surface area contributed by atoms with E-state index < -0.39 is 0 Å². The van der Waals surface area contributed by atoms with Crippen LogP contribution in [-0.4, -0.2) is 24.5 Å². The smallest absolute Gasteiger partial charge is 0.414 e. The number of hydrogen-bond acceptors (Lipinski definition) is 3. The third kappa shape index (κ3) is 3.28. The Morgan fingerprint density at radius 2 is 1.70 bits per heavy atom. The Bertz CT molecular complexity index is 1020. The van der Waals surface area contributed by atoms with E-state index in [1.54, 1.807) is 0 Å². The summed E-state index contributed by atoms with van der Waals surface area (Å²) < 4.78 is 7.05. The molecule has 3 saturated carbocycles. The second-order valence-electron chi connectivity index (χ2n) is 11.7. The van der Waals surface area contributed by atoms with Gasteiger partial charge in [-0.05, 0) is 104 Å². The Kier molecular flexibility index (Phi) is 5.10. The molecule has 0 bridgehead atoms. The predicted octanol–water partition coefficient (Wildman–Crippen LogP) is 6.92. The van der Waals surface area contributed by atoms with Crippen molar-refractivity contribution in [1.29, 1.82) is 0 Å². The summed E-state index contributed by atoms with van der Waals surface area (Å²) in [5.74, 6) is 2.92. The Morgan fingerprint density at radius 1 is 0.939 bits per heavy atom. The fraction of sp³-hybridized carbons (Fsp3) is 0.643. The van der Waals surface area contributed by atoms with Crippen molar-refractivity contribution in [2.24, 2.45) is 34.5 Å². The van der Waals surface area contributed by atoms with Crippen LogP contribution in [0.4, 0.5) is 10.5 Å². The highest BCUT2D eigenvalue weighted by atomic mass is 79.9. The minimum Gasteiger partial charge on any atom is -0.444 e. The lowest BCUT2D eigenvalue weighted by Gasteiger charge is -2.58. The van der Waals surface area contributed by atoms with E-state index in [2.05, 4.69) is 29.8 Å². The molecule has 1 saturated heterocycles. The standard InChI is InChI=1S/C28H34BrNO3/c1-27-13-11-20(31)15-17(27)3-8-21-22-9-10-24(28(22,2)14-12-23(21)27)25-16-30(26(32)33-25)19-6-4-18(29)5-7-19/h4-7,15,21-25H,3,8-14,16H2,1-2H3/t21-,22-,23-,24+,25+,27-,28-/m0/s1. The fourth-order valence-electron chi connectivity index (χ4n) is 8.74. The summed E-state index contributed by atoms with van der Waals surface area (Å²) in [5, 5.41) is 0. The number of amides is 1. The lowest BCUT2D eigenvalue weighted by molar-refractivity contribution is -0.117. The third-order valence-electron chi connectivity index (χ3n) is 10.5. The average Bonchev–Trinajstić information content (AvgIpc) is 3.34. The molecular weight excluding hydrogens is 478 g/mol. The van der Waals surface area contributed by atoms with E-state index >= 15 is 0 Å². The molecule has 0 unspecified atom stereocenters. The van der Waals surface area contributed by atoms with Crippen molar-refractivity contribution in [3.8, 4) is 0 Å². The van der Waals surface area contributed by atoms with Crippen LogP contribution in [0.5, 0.6) is 0 Å². The number of allylic oxidation sites excluding steroid dienone is 1. The second kappa shape index (κ2) is 7.69. The minimum atomic E-state index is -0.199. The molecule has 0 N–H and O–H groups in total. The van der Waals surface area contributed by atoms with Crippen LogP contribution in [0.25, 0.3) is 0 Å². The molecule has 1 amide bonds. The number of nitrogens with zero attached hydrogens (tertiary/aromatic N) is 1. The quantitative estimate of drug-likeness (QED) is 0.432. The summed E-state index contributed by atoms with van der Waals surface area (Å²) >= 11 is 3.48. The molecule has 33 heavy (non-hydrogen) atoms. The molecular formula is C28H34BrNO3. The number of ether oxygens (including phenoxy) is 1. The van der Waals surface area contributed by atoms with Crippen molar-refractivity contribution in [2.75, 3.05) is 11.4 Å². The molecule has 0 spiro atoms. The SMILES string of the molecule is C[C@]12CC[C@H]3[C@@H](CCC4=CC(=O)CC[C@@]43C)[C@@H]1CC[C@@H]2[C@H]1CN(c2ccc(Br)cc2)C(=O)O1. The first-order valence-corrected chi connectivity index (χ1v) is 13.6. The van der Waals surface area contributed by atoms with E-state index in [1.165, 1.54) is 31.3 Å². The van der Waals surface area contributed by atoms with Gasteiger partial charge in [0, 0.05) is 22.5 Å². The van der Waals surface area contributed by atoms with Gasteiger partial charge in [0.05, 0.1) is 6.54 Å². The van der Waals surface area contributed by atoms with Crippen LogP contribution >= 0.6 is 15.9 Å². The molecule has 7 atom stereocenters. The van der Waals surface area contributed by atoms with Crippen molar-refractivity contribution in [3.05, 3.63) is 40.4 Å². The van der Waals surface area contributed by atoms with Crippen LogP contribution in [0.2, 0.25) is 0 Å². The summed E-state index contributed by atoms with van der Waals surface area (Å²) in [4.78, 5) is 26.7. The third-order valence-corrected chi connectivity index (χ3v) is 11.0. The van der Waals surface area contributed by atoms with E-state index in [9.17, 15) is 9.59 Å². The number of halogens is 1. The second-order valence-corrected chi connectivity index (χ2v) is 12.6. The molecule has 5 heteroatoms. The fourth-order valence-corrected chi connectivity index (χ4v) is 9.00. The summed E-state index contributed by atoms with van der Waals surface area (Å²) in [6.45, 7) is 5.61. The van der Waals surface area contributed by atoms with Gasteiger partial charge in [-0.2, -0.15) is 0 Å². The van der Waals surface area contributed by atoms with Gasteiger partial charge in [0.1, 0.15) is 6.10 Å². The van der Waals surface area contributed by atoms with Crippen molar-refractivity contribution < 1.29 is 14.3 Å². The number of ketones is 1. The average molecular weight is 512 g/mol. The summed E-state index contributed by atoms with van der Waals surface area (Å²) in [6, 6.07) is 7.94. The topological polar surface area (TPSA) is 46.6 Å². The summed E-state index contributed by atoms with van der Waals surface area (Å²) in [5.41, 5.74) is 2.81. The maximum Gasteiger partial charge on any atom is 0.414 e. The predicted molar refractivity (Wildman–Crippen MR) is 132 cm³/mol. The maximum atomic E-state index is 12.8. The molecule has 176 valence electrons. The van der Waals surface area contributed by atoms with Gasteiger partial charge in [-0.25, -0.2) is 4.79 Å². The molecule has 1 aromatic carbocycles. The van der Waals surface area contributed by atoms with Crippen molar-refractivity contribution in [3.63, 3.8) is 0 Å². The Morgan fingerprint density at radius 3 is 2.48 bits per heavy atom. The molecule has 1 heterocycles. The normalized spacial score (nSPS) is 42.3. The van der Waals surface area contributed by atoms with Gasteiger partial charge >= 0.3 is 6.09 Å². The summed E-state index contributed by atoms with van der Waals surface area (Å²) in [7, 11) is 0. The zero-order chi connectivity index (χ0) is 23.0. The van der Waals surface area contributed by atoms with Gasteiger partial charge < -0.3 is 4.74 Å². The first kappa shape index (κ1) is 21.9. The van der Waals surface area contributed by atoms with Crippen LogP contribution in [0.3, 0.4) is 0 Å². The molecule has 0 aromatic heterocycles. The maximum absolute atomic E-state index is 12.8. The first-order valence-electron chi connectivity index (χ1n) is 12.8. The molecule has 4 fully saturated rings. The highest BCUT2D eigenvalue weighted by Crippen LogP contribution is 2.67. The highest BCUT2D eigenvalue weighted by molar-refractivity contribution is 9.10. The van der Waals surface area contributed by atoms with Crippen molar-refractivity contribution in [2.45, 2.75) is 71.3 Å². The van der Waals surface area contributed by atoms with E-state index in [4.69, 9.17) is 4.74 Å². The van der Waals surface area contributed by atoms with Gasteiger partial charge in [-0.3, -0.25) is 9.69 Å². The Hall–Kier alpha value is -1.62. The lowest BCUT2D eigenvalue weighted by atomic mass is 9.46. The van der Waals surface area contributed by atoms with Crippen LogP contribution in [0.15, 0.2) is 40.4 Å². The van der Waals surface area contributed by atoms with Crippen LogP contribution < -0.4 is 4.90 Å². The molecule has 0 radical (unpaired) electrons. The number of rotatable bonds is 2. The monoisotopic (exact) mass is 511 g/mol. The molecule has 4 aliphatic carbocycles. The highest BCUT2D eigenvalue weighted by Gasteiger charge is 2.61. The van der Waals surface area contributed by atoms with Crippen molar-refractivity contribution in [1.82, 2.24) is 0 Å². The summed E-state index contributed by atoms with van der Waals surface area (Å²) in [6.07, 6.45) is 10.7. The number of carbonyl (C=O) groups is 2. The van der Waals surface area contributed by atoms with Crippen LogP contribution in [0, 0.1) is 34.5 Å². The van der Waals surface area contributed by atoms with E-state index in [0.717, 1.165) is 41.8 Å². The lowest BCUT2D eigenvalue weighted by Crippen LogP contribution is -2.51. The van der Waals surface area contributed by atoms with Crippen LogP contribution in [-0.2, 0) is 9.53 Å². The largest absolute Gasteiger partial charge is 0.444 e. The van der Waals surface area contributed by atoms with E-state index in [-0.39, 0.29) is 23.0 Å². The molecule has 1 aromatic rings. The van der Waals surface area contributed by atoms with Gasteiger partial charge in [0.2, 0.25) is 0 Å². The van der Waals surface area contributed by atoms with E-state index in [0.29, 0.717) is 30.1 Å². The van der Waals surface area contributed by atoms with Gasteiger partial charge in [-0.15, -0.1) is 0 Å². The van der Waals surface area contributed by atoms with Gasteiger partial charge in [0.15, 0.2) is 5.78 Å². The number of hydrogen-bond donors (Lipinski definition) is 0. The molecule has 1 aliphatic heterocycles. The van der Waals surface area contributed by atoms with Gasteiger partial charge in [-0.1, -0.05) is 35.4 Å². The number of cyclic esters (lactones) is 1. The number of anilines is 1. The molecule has 6 rings (SSSR count). The Balaban J connectivity index is 1.23. The number of benzene rings is 1. The van der Waals surface area contributed by atoms with E-state index in [1.807, 2.05) is 35.2 Å². The minimum absolute atomic E-state index is 0.0189. The van der Waals surface area contributed by atoms with Crippen LogP contribution in [0.1, 0.15) is 65.2 Å². The zero-order valence-corrected chi connectivity index (χ0v) is 21.3. The first-order chi connectivity index (χ1) is 15.8.